The Bertz CT molecular complexity index is 455. The summed E-state index contributed by atoms with van der Waals surface area (Å²) in [6, 6.07) is 3.80. The molecule has 0 aliphatic heterocycles. The molecule has 19 heavy (non-hydrogen) atoms. The maximum absolute atomic E-state index is 12.5. The van der Waals surface area contributed by atoms with Gasteiger partial charge in [0.2, 0.25) is 0 Å². The monoisotopic (exact) mass is 280 g/mol. The van der Waals surface area contributed by atoms with Crippen molar-refractivity contribution in [3.63, 3.8) is 0 Å². The van der Waals surface area contributed by atoms with E-state index in [9.17, 15) is 4.79 Å². The lowest BCUT2D eigenvalue weighted by Gasteiger charge is -2.36. The fraction of sp³-hybridized carbons (Fsp3) is 0.600. The van der Waals surface area contributed by atoms with Gasteiger partial charge in [0.1, 0.15) is 5.15 Å². The van der Waals surface area contributed by atoms with Gasteiger partial charge >= 0.3 is 0 Å². The number of nitrogens with zero attached hydrogens (tertiary/aromatic N) is 2. The molecule has 1 saturated carbocycles. The van der Waals surface area contributed by atoms with Crippen molar-refractivity contribution >= 4 is 17.5 Å². The first kappa shape index (κ1) is 14.3. The average molecular weight is 281 g/mol. The highest BCUT2D eigenvalue weighted by Crippen LogP contribution is 2.28. The Labute approximate surface area is 120 Å². The lowest BCUT2D eigenvalue weighted by atomic mass is 9.85. The molecule has 104 valence electrons. The highest BCUT2D eigenvalue weighted by atomic mass is 35.5. The highest BCUT2D eigenvalue weighted by molar-refractivity contribution is 6.29. The summed E-state index contributed by atoms with van der Waals surface area (Å²) in [4.78, 5) is 18.5. The Balaban J connectivity index is 2.18. The molecule has 0 aromatic carbocycles. The van der Waals surface area contributed by atoms with E-state index >= 15 is 0 Å². The summed E-state index contributed by atoms with van der Waals surface area (Å²) in [6.07, 6.45) is 4.79. The van der Waals surface area contributed by atoms with E-state index in [1.165, 1.54) is 19.3 Å². The van der Waals surface area contributed by atoms with E-state index in [4.69, 9.17) is 11.6 Å². The SMILES string of the molecule is Cc1cc(C(=O)N(C)C2CCCCC2C)cc(Cl)n1. The summed E-state index contributed by atoms with van der Waals surface area (Å²) in [5.74, 6) is 0.618. The maximum atomic E-state index is 12.5. The minimum absolute atomic E-state index is 0.0474. The lowest BCUT2D eigenvalue weighted by molar-refractivity contribution is 0.0628. The predicted octanol–water partition coefficient (Wildman–Crippen LogP) is 3.69. The van der Waals surface area contributed by atoms with Crippen LogP contribution in [-0.2, 0) is 0 Å². The Morgan fingerprint density at radius 3 is 2.68 bits per heavy atom. The number of rotatable bonds is 2. The van der Waals surface area contributed by atoms with Gasteiger partial charge in [-0.1, -0.05) is 31.4 Å². The molecule has 3 nitrogen and oxygen atoms in total. The molecule has 1 amide bonds. The van der Waals surface area contributed by atoms with Gasteiger partial charge in [-0.15, -0.1) is 0 Å². The molecule has 2 unspecified atom stereocenters. The van der Waals surface area contributed by atoms with Gasteiger partial charge in [-0.25, -0.2) is 4.98 Å². The number of aromatic nitrogens is 1. The molecule has 0 saturated heterocycles. The number of pyridine rings is 1. The van der Waals surface area contributed by atoms with Crippen LogP contribution in [0.4, 0.5) is 0 Å². The van der Waals surface area contributed by atoms with Crippen molar-refractivity contribution in [2.24, 2.45) is 5.92 Å². The highest BCUT2D eigenvalue weighted by Gasteiger charge is 2.28. The van der Waals surface area contributed by atoms with Gasteiger partial charge in [-0.05, 0) is 37.8 Å². The van der Waals surface area contributed by atoms with E-state index in [0.717, 1.165) is 12.1 Å². The van der Waals surface area contributed by atoms with E-state index in [2.05, 4.69) is 11.9 Å². The Hall–Kier alpha value is -1.09. The van der Waals surface area contributed by atoms with Crippen molar-refractivity contribution in [3.8, 4) is 0 Å². The van der Waals surface area contributed by atoms with E-state index in [1.54, 1.807) is 12.1 Å². The molecule has 1 aromatic rings. The van der Waals surface area contributed by atoms with Gasteiger partial charge in [0, 0.05) is 24.3 Å². The Kier molecular flexibility index (Phi) is 4.46. The molecule has 0 bridgehead atoms. The van der Waals surface area contributed by atoms with Crippen molar-refractivity contribution in [2.75, 3.05) is 7.05 Å². The standard InChI is InChI=1S/C15H21ClN2O/c1-10-6-4-5-7-13(10)18(3)15(19)12-8-11(2)17-14(16)9-12/h8-10,13H,4-7H2,1-3H3. The van der Waals surface area contributed by atoms with Crippen LogP contribution >= 0.6 is 11.6 Å². The third-order valence-corrected chi connectivity index (χ3v) is 4.25. The van der Waals surface area contributed by atoms with Crippen LogP contribution in [-0.4, -0.2) is 28.9 Å². The molecule has 1 aliphatic carbocycles. The number of amides is 1. The number of halogens is 1. The van der Waals surface area contributed by atoms with Crippen molar-refractivity contribution < 1.29 is 4.79 Å². The topological polar surface area (TPSA) is 33.2 Å². The zero-order valence-electron chi connectivity index (χ0n) is 11.8. The van der Waals surface area contributed by atoms with Crippen LogP contribution in [0.2, 0.25) is 5.15 Å². The normalized spacial score (nSPS) is 23.2. The summed E-state index contributed by atoms with van der Waals surface area (Å²) in [5.41, 5.74) is 1.42. The maximum Gasteiger partial charge on any atom is 0.254 e. The molecular formula is C15H21ClN2O. The molecule has 0 radical (unpaired) electrons. The fourth-order valence-corrected chi connectivity index (χ4v) is 3.23. The van der Waals surface area contributed by atoms with E-state index in [0.29, 0.717) is 22.7 Å². The van der Waals surface area contributed by atoms with Crippen molar-refractivity contribution in [3.05, 3.63) is 28.5 Å². The van der Waals surface area contributed by atoms with Crippen molar-refractivity contribution in [1.29, 1.82) is 0 Å². The number of hydrogen-bond donors (Lipinski definition) is 0. The second-order valence-electron chi connectivity index (χ2n) is 5.57. The minimum Gasteiger partial charge on any atom is -0.338 e. The lowest BCUT2D eigenvalue weighted by Crippen LogP contribution is -2.42. The first-order chi connectivity index (χ1) is 8.99. The third-order valence-electron chi connectivity index (χ3n) is 4.05. The van der Waals surface area contributed by atoms with E-state index < -0.39 is 0 Å². The van der Waals surface area contributed by atoms with Crippen LogP contribution < -0.4 is 0 Å². The van der Waals surface area contributed by atoms with Gasteiger partial charge in [0.05, 0.1) is 0 Å². The van der Waals surface area contributed by atoms with E-state index in [1.807, 2.05) is 18.9 Å². The summed E-state index contributed by atoms with van der Waals surface area (Å²) in [6.45, 7) is 4.09. The zero-order chi connectivity index (χ0) is 14.0. The molecule has 2 rings (SSSR count). The minimum atomic E-state index is 0.0474. The smallest absolute Gasteiger partial charge is 0.254 e. The van der Waals surface area contributed by atoms with Gasteiger partial charge < -0.3 is 4.90 Å². The van der Waals surface area contributed by atoms with Gasteiger partial charge in [-0.2, -0.15) is 0 Å². The van der Waals surface area contributed by atoms with Gasteiger partial charge in [-0.3, -0.25) is 4.79 Å². The molecule has 2 atom stereocenters. The quantitative estimate of drug-likeness (QED) is 0.774. The molecule has 4 heteroatoms. The van der Waals surface area contributed by atoms with Gasteiger partial charge in [0.25, 0.3) is 5.91 Å². The summed E-state index contributed by atoms with van der Waals surface area (Å²) >= 11 is 5.93. The van der Waals surface area contributed by atoms with Crippen LogP contribution in [0.15, 0.2) is 12.1 Å². The fourth-order valence-electron chi connectivity index (χ4n) is 2.98. The molecule has 1 aromatic heterocycles. The molecule has 1 heterocycles. The Morgan fingerprint density at radius 2 is 2.05 bits per heavy atom. The largest absolute Gasteiger partial charge is 0.338 e. The molecular weight excluding hydrogens is 260 g/mol. The second-order valence-corrected chi connectivity index (χ2v) is 5.95. The van der Waals surface area contributed by atoms with Crippen LogP contribution in [0, 0.1) is 12.8 Å². The molecule has 0 N–H and O–H groups in total. The van der Waals surface area contributed by atoms with Crippen molar-refractivity contribution in [1.82, 2.24) is 9.88 Å². The summed E-state index contributed by atoms with van der Waals surface area (Å²) in [7, 11) is 1.90. The van der Waals surface area contributed by atoms with Crippen LogP contribution in [0.25, 0.3) is 0 Å². The number of hydrogen-bond acceptors (Lipinski definition) is 2. The second kappa shape index (κ2) is 5.91. The third kappa shape index (κ3) is 3.27. The summed E-state index contributed by atoms with van der Waals surface area (Å²) in [5, 5.41) is 0.383. The van der Waals surface area contributed by atoms with Crippen molar-refractivity contribution in [2.45, 2.75) is 45.6 Å². The predicted molar refractivity (Wildman–Crippen MR) is 77.5 cm³/mol. The molecule has 0 spiro atoms. The van der Waals surface area contributed by atoms with E-state index in [-0.39, 0.29) is 5.91 Å². The average Bonchev–Trinajstić information content (AvgIpc) is 2.36. The first-order valence-electron chi connectivity index (χ1n) is 6.90. The Morgan fingerprint density at radius 1 is 1.37 bits per heavy atom. The number of carbonyl (C=O) groups excluding carboxylic acids is 1. The van der Waals surface area contributed by atoms with Crippen LogP contribution in [0.5, 0.6) is 0 Å². The zero-order valence-corrected chi connectivity index (χ0v) is 12.6. The molecule has 1 fully saturated rings. The number of aryl methyl sites for hydroxylation is 1. The first-order valence-corrected chi connectivity index (χ1v) is 7.28. The number of carbonyl (C=O) groups is 1. The van der Waals surface area contributed by atoms with Crippen LogP contribution in [0.1, 0.15) is 48.7 Å². The summed E-state index contributed by atoms with van der Waals surface area (Å²) < 4.78 is 0. The van der Waals surface area contributed by atoms with Crippen LogP contribution in [0.3, 0.4) is 0 Å². The molecule has 1 aliphatic rings. The van der Waals surface area contributed by atoms with Gasteiger partial charge in [0.15, 0.2) is 0 Å².